The Hall–Kier alpha value is -3.98. The minimum Gasteiger partial charge on any atom is -0.466 e. The van der Waals surface area contributed by atoms with Crippen molar-refractivity contribution in [1.29, 1.82) is 0 Å². The molecule has 5 rings (SSSR count). The molecule has 0 saturated heterocycles. The number of fused-ring (bicyclic) bond motifs is 16. The first kappa shape index (κ1) is 39.8. The maximum Gasteiger partial charge on any atom is 0.338 e. The van der Waals surface area contributed by atoms with Crippen LogP contribution in [0, 0.1) is 10.8 Å². The van der Waals surface area contributed by atoms with Crippen LogP contribution in [-0.4, -0.2) is 55.4 Å². The topological polar surface area (TPSA) is 114 Å². The van der Waals surface area contributed by atoms with Crippen LogP contribution in [-0.2, 0) is 51.1 Å². The third-order valence-electron chi connectivity index (χ3n) is 10.0. The van der Waals surface area contributed by atoms with E-state index in [1.165, 1.54) is 6.92 Å². The van der Waals surface area contributed by atoms with Crippen molar-refractivity contribution in [3.05, 3.63) is 82.9 Å². The number of allylic oxidation sites excluding steroid dienone is 1. The molecule has 2 aromatic rings. The van der Waals surface area contributed by atoms with Gasteiger partial charge in [-0.25, -0.2) is 4.79 Å². The molecular formula is C42H56O9. The highest BCUT2D eigenvalue weighted by atomic mass is 16.6. The first-order valence-corrected chi connectivity index (χ1v) is 18.4. The smallest absolute Gasteiger partial charge is 0.338 e. The number of hydrogen-bond donors (Lipinski definition) is 0. The van der Waals surface area contributed by atoms with E-state index in [-0.39, 0.29) is 49.1 Å². The van der Waals surface area contributed by atoms with Crippen molar-refractivity contribution >= 4 is 23.9 Å². The van der Waals surface area contributed by atoms with Crippen molar-refractivity contribution in [2.24, 2.45) is 10.8 Å². The van der Waals surface area contributed by atoms with Crippen molar-refractivity contribution in [2.75, 3.05) is 13.2 Å². The Labute approximate surface area is 303 Å². The number of esters is 4. The van der Waals surface area contributed by atoms with E-state index in [9.17, 15) is 19.2 Å². The van der Waals surface area contributed by atoms with Gasteiger partial charge < -0.3 is 23.7 Å². The summed E-state index contributed by atoms with van der Waals surface area (Å²) < 4.78 is 29.5. The lowest BCUT2D eigenvalue weighted by atomic mass is 9.70. The zero-order valence-electron chi connectivity index (χ0n) is 31.2. The predicted octanol–water partition coefficient (Wildman–Crippen LogP) is 8.22. The van der Waals surface area contributed by atoms with Crippen LogP contribution in [0.2, 0.25) is 0 Å². The Morgan fingerprint density at radius 2 is 1.73 bits per heavy atom. The Morgan fingerprint density at radius 3 is 2.45 bits per heavy atom. The Bertz CT molecular complexity index is 1510. The van der Waals surface area contributed by atoms with Crippen LogP contribution in [0.3, 0.4) is 0 Å². The molecule has 0 N–H and O–H groups in total. The molecule has 2 aliphatic heterocycles. The second-order valence-corrected chi connectivity index (χ2v) is 15.2. The fourth-order valence-electron chi connectivity index (χ4n) is 7.06. The highest BCUT2D eigenvalue weighted by Gasteiger charge is 2.50. The molecule has 1 aliphatic carbocycles. The molecule has 1 fully saturated rings. The minimum atomic E-state index is -0.688. The van der Waals surface area contributed by atoms with E-state index in [0.29, 0.717) is 63.7 Å². The van der Waals surface area contributed by atoms with Crippen molar-refractivity contribution in [3.8, 4) is 0 Å². The van der Waals surface area contributed by atoms with Gasteiger partial charge in [0.2, 0.25) is 0 Å². The van der Waals surface area contributed by atoms with Gasteiger partial charge in [-0.2, -0.15) is 0 Å². The quantitative estimate of drug-likeness (QED) is 0.173. The maximum absolute atomic E-state index is 13.3. The Kier molecular flexibility index (Phi) is 14.4. The van der Waals surface area contributed by atoms with Gasteiger partial charge in [-0.05, 0) is 107 Å². The molecule has 1 unspecified atom stereocenters. The van der Waals surface area contributed by atoms with Crippen LogP contribution in [0.25, 0.3) is 0 Å². The molecule has 0 radical (unpaired) electrons. The predicted molar refractivity (Wildman–Crippen MR) is 194 cm³/mol. The summed E-state index contributed by atoms with van der Waals surface area (Å²) in [6.07, 6.45) is 8.35. The molecule has 51 heavy (non-hydrogen) atoms. The minimum absolute atomic E-state index is 0.0368. The van der Waals surface area contributed by atoms with Crippen LogP contribution in [0.1, 0.15) is 126 Å². The molecule has 5 atom stereocenters. The fraction of sp³-hybridized carbons (Fsp3) is 0.571. The van der Waals surface area contributed by atoms with Gasteiger partial charge in [0.25, 0.3) is 0 Å². The fourth-order valence-corrected chi connectivity index (χ4v) is 7.06. The Balaban J connectivity index is 1.72. The lowest BCUT2D eigenvalue weighted by molar-refractivity contribution is -0.154. The molecule has 1 saturated carbocycles. The number of ether oxygens (including phenoxy) is 5. The van der Waals surface area contributed by atoms with Gasteiger partial charge in [-0.15, -0.1) is 0 Å². The van der Waals surface area contributed by atoms with Crippen molar-refractivity contribution in [2.45, 2.75) is 130 Å². The second kappa shape index (κ2) is 18.5. The van der Waals surface area contributed by atoms with E-state index in [2.05, 4.69) is 13.0 Å². The van der Waals surface area contributed by atoms with Gasteiger partial charge in [0, 0.05) is 25.2 Å². The van der Waals surface area contributed by atoms with Gasteiger partial charge in [-0.1, -0.05) is 55.5 Å². The summed E-state index contributed by atoms with van der Waals surface area (Å²) >= 11 is 0. The molecule has 2 heterocycles. The van der Waals surface area contributed by atoms with E-state index in [4.69, 9.17) is 23.7 Å². The molecule has 9 nitrogen and oxygen atoms in total. The summed E-state index contributed by atoms with van der Waals surface area (Å²) in [4.78, 5) is 51.5. The third-order valence-corrected chi connectivity index (χ3v) is 10.0. The molecule has 2 bridgehead atoms. The summed E-state index contributed by atoms with van der Waals surface area (Å²) in [6, 6.07) is 15.1. The third kappa shape index (κ3) is 11.8. The SMILES string of the molecule is CC(=O)O[C@H]1CCC(C)OC/C=C\CCCOC(=O)CC[C@]2(C)[C@@H](OC(=O)c3ccccc3)CC[C@H]2c2ccc(cc2COC(=O)C(C)(C)C)C1. The van der Waals surface area contributed by atoms with Crippen LogP contribution >= 0.6 is 0 Å². The van der Waals surface area contributed by atoms with Crippen LogP contribution < -0.4 is 0 Å². The zero-order valence-corrected chi connectivity index (χ0v) is 31.2. The summed E-state index contributed by atoms with van der Waals surface area (Å²) in [5, 5.41) is 0. The average molecular weight is 705 g/mol. The van der Waals surface area contributed by atoms with E-state index in [1.807, 2.05) is 58.0 Å². The largest absolute Gasteiger partial charge is 0.466 e. The first-order valence-electron chi connectivity index (χ1n) is 18.4. The molecule has 0 spiro atoms. The van der Waals surface area contributed by atoms with Gasteiger partial charge in [0.1, 0.15) is 18.8 Å². The standard InChI is InChI=1S/C42H56O9/c1-29-16-18-34(50-30(2)43)27-31-17-19-35(33(26-31)28-49-40(46)41(3,4)5)36-20-21-37(51-39(45)32-14-10-9-11-15-32)42(36,6)23-22-38(44)48-25-13-8-7-12-24-47-29/h7,9-12,14-15,17,19,26,29,34,36-37H,8,13,16,18,20-25,27-28H2,1-6H3/b12-7-/t29?,34-,36-,37-,42-/m0/s1. The van der Waals surface area contributed by atoms with Crippen molar-refractivity contribution < 1.29 is 42.9 Å². The van der Waals surface area contributed by atoms with Gasteiger partial charge in [-0.3, -0.25) is 14.4 Å². The number of rotatable bonds is 5. The van der Waals surface area contributed by atoms with E-state index in [0.717, 1.165) is 23.1 Å². The molecule has 3 aliphatic rings. The maximum atomic E-state index is 13.3. The zero-order chi connectivity index (χ0) is 37.0. The first-order chi connectivity index (χ1) is 24.3. The van der Waals surface area contributed by atoms with Crippen LogP contribution in [0.4, 0.5) is 0 Å². The summed E-state index contributed by atoms with van der Waals surface area (Å²) in [5.41, 5.74) is 1.93. The summed E-state index contributed by atoms with van der Waals surface area (Å²) in [5.74, 6) is -1.46. The lowest BCUT2D eigenvalue weighted by Crippen LogP contribution is -2.36. The highest BCUT2D eigenvalue weighted by Crippen LogP contribution is 2.54. The van der Waals surface area contributed by atoms with E-state index in [1.54, 1.807) is 24.3 Å². The number of hydrogen-bond acceptors (Lipinski definition) is 9. The normalized spacial score (nSPS) is 26.0. The summed E-state index contributed by atoms with van der Waals surface area (Å²) in [6.45, 7) is 11.8. The lowest BCUT2D eigenvalue weighted by Gasteiger charge is -2.37. The molecule has 9 heteroatoms. The van der Waals surface area contributed by atoms with Crippen molar-refractivity contribution in [3.63, 3.8) is 0 Å². The average Bonchev–Trinajstić information content (AvgIpc) is 3.40. The molecule has 278 valence electrons. The second-order valence-electron chi connectivity index (χ2n) is 15.2. The van der Waals surface area contributed by atoms with Crippen molar-refractivity contribution in [1.82, 2.24) is 0 Å². The highest BCUT2D eigenvalue weighted by molar-refractivity contribution is 5.89. The van der Waals surface area contributed by atoms with Gasteiger partial charge in [0.05, 0.1) is 30.3 Å². The summed E-state index contributed by atoms with van der Waals surface area (Å²) in [7, 11) is 0. The number of carbonyl (C=O) groups is 4. The molecule has 2 aromatic carbocycles. The molecular weight excluding hydrogens is 648 g/mol. The van der Waals surface area contributed by atoms with Gasteiger partial charge in [0.15, 0.2) is 0 Å². The number of benzene rings is 2. The Morgan fingerprint density at radius 1 is 0.961 bits per heavy atom. The van der Waals surface area contributed by atoms with Crippen LogP contribution in [0.5, 0.6) is 0 Å². The van der Waals surface area contributed by atoms with Crippen LogP contribution in [0.15, 0.2) is 60.7 Å². The van der Waals surface area contributed by atoms with Gasteiger partial charge >= 0.3 is 23.9 Å². The molecule has 0 aromatic heterocycles. The van der Waals surface area contributed by atoms with E-state index >= 15 is 0 Å². The monoisotopic (exact) mass is 704 g/mol. The number of carbonyl (C=O) groups excluding carboxylic acids is 4. The molecule has 0 amide bonds. The van der Waals surface area contributed by atoms with E-state index < -0.39 is 22.9 Å².